The van der Waals surface area contributed by atoms with Gasteiger partial charge in [0.25, 0.3) is 0 Å². The van der Waals surface area contributed by atoms with Crippen molar-refractivity contribution in [3.63, 3.8) is 0 Å². The van der Waals surface area contributed by atoms with Crippen LogP contribution in [0.2, 0.25) is 0 Å². The van der Waals surface area contributed by atoms with Crippen LogP contribution in [-0.4, -0.2) is 0 Å². The van der Waals surface area contributed by atoms with Crippen LogP contribution >= 0.6 is 11.3 Å². The van der Waals surface area contributed by atoms with Gasteiger partial charge >= 0.3 is 0 Å². The van der Waals surface area contributed by atoms with Crippen molar-refractivity contribution >= 4 is 113 Å². The number of hydrogen-bond donors (Lipinski definition) is 0. The van der Waals surface area contributed by atoms with Crippen LogP contribution in [0.3, 0.4) is 0 Å². The van der Waals surface area contributed by atoms with E-state index in [2.05, 4.69) is 205 Å². The number of nitrogens with zero attached hydrogens (tertiary/aromatic N) is 1. The lowest BCUT2D eigenvalue weighted by Crippen LogP contribution is -2.09. The van der Waals surface area contributed by atoms with E-state index < -0.39 is 0 Å². The summed E-state index contributed by atoms with van der Waals surface area (Å²) in [5.41, 5.74) is 8.50. The third-order valence-corrected chi connectivity index (χ3v) is 13.6. The van der Waals surface area contributed by atoms with Gasteiger partial charge in [-0.3, -0.25) is 0 Å². The van der Waals surface area contributed by atoms with Gasteiger partial charge in [-0.15, -0.1) is 11.3 Å². The Labute approximate surface area is 338 Å². The fourth-order valence-corrected chi connectivity index (χ4v) is 11.0. The van der Waals surface area contributed by atoms with E-state index in [1.807, 2.05) is 11.3 Å². The lowest BCUT2D eigenvalue weighted by Gasteiger charge is -2.25. The molecule has 0 N–H and O–H groups in total. The third kappa shape index (κ3) is 4.70. The molecule has 1 nitrogen and oxygen atoms in total. The van der Waals surface area contributed by atoms with Crippen LogP contribution < -0.4 is 4.90 Å². The van der Waals surface area contributed by atoms with E-state index in [9.17, 15) is 0 Å². The second kappa shape index (κ2) is 12.1. The number of benzene rings is 12. The molecule has 2 heteroatoms. The normalized spacial score (nSPS) is 12.1. The van der Waals surface area contributed by atoms with Gasteiger partial charge in [0.1, 0.15) is 0 Å². The first-order chi connectivity index (χ1) is 28.7. The van der Waals surface area contributed by atoms with Gasteiger partial charge in [0.2, 0.25) is 0 Å². The summed E-state index contributed by atoms with van der Waals surface area (Å²) >= 11 is 1.88. The number of rotatable bonds is 5. The Bertz CT molecular complexity index is 3610. The van der Waals surface area contributed by atoms with Gasteiger partial charge in [-0.1, -0.05) is 133 Å². The predicted octanol–water partition coefficient (Wildman–Crippen LogP) is 16.7. The van der Waals surface area contributed by atoms with Crippen molar-refractivity contribution in [1.29, 1.82) is 0 Å². The Balaban J connectivity index is 0.904. The van der Waals surface area contributed by atoms with E-state index in [1.165, 1.54) is 107 Å². The SMILES string of the molecule is c1ccc(N(c2ccccc2)c2ccc3c(c2)sc2cc(-c4cc5ccc6cc(-c7ccc8ccc9cccc%10ccc7c8c9%10)cc7ccc(c4)c5c67)ccc23)cc1. The standard InChI is InChI=1S/C56H33NS/c1-3-10-44(11-4-1)57(45-12-5-2-6-13-45)46-23-27-49-48-25-22-37(32-51(48)58-52(49)33-46)42-28-38-16-18-40-30-43(31-41-19-17-39(29-42)54(38)55(40)41)47-24-20-36-15-14-34-8-7-9-35-21-26-50(47)56(36)53(34)35/h1-33H. The molecule has 0 unspecified atom stereocenters. The molecule has 0 aliphatic carbocycles. The van der Waals surface area contributed by atoms with Gasteiger partial charge in [0.15, 0.2) is 0 Å². The molecule has 268 valence electrons. The van der Waals surface area contributed by atoms with E-state index in [-0.39, 0.29) is 0 Å². The van der Waals surface area contributed by atoms with Crippen molar-refractivity contribution in [3.8, 4) is 22.3 Å². The van der Waals surface area contributed by atoms with Crippen molar-refractivity contribution in [2.24, 2.45) is 0 Å². The molecule has 0 amide bonds. The van der Waals surface area contributed by atoms with Crippen LogP contribution in [0.5, 0.6) is 0 Å². The van der Waals surface area contributed by atoms with Gasteiger partial charge in [0, 0.05) is 37.2 Å². The zero-order valence-electron chi connectivity index (χ0n) is 31.4. The molecule has 0 saturated heterocycles. The van der Waals surface area contributed by atoms with Crippen molar-refractivity contribution in [1.82, 2.24) is 0 Å². The molecule has 13 aromatic rings. The van der Waals surface area contributed by atoms with Crippen LogP contribution in [-0.2, 0) is 0 Å². The summed E-state index contributed by atoms with van der Waals surface area (Å²) in [5.74, 6) is 0. The molecule has 58 heavy (non-hydrogen) atoms. The van der Waals surface area contributed by atoms with Gasteiger partial charge in [-0.2, -0.15) is 0 Å². The first kappa shape index (κ1) is 31.9. The van der Waals surface area contributed by atoms with Gasteiger partial charge in [-0.05, 0) is 154 Å². The van der Waals surface area contributed by atoms with E-state index in [0.717, 1.165) is 17.1 Å². The molecule has 1 heterocycles. The molecule has 0 radical (unpaired) electrons. The average Bonchev–Trinajstić information content (AvgIpc) is 3.65. The van der Waals surface area contributed by atoms with Gasteiger partial charge < -0.3 is 4.90 Å². The van der Waals surface area contributed by atoms with Crippen LogP contribution in [0.1, 0.15) is 0 Å². The summed E-state index contributed by atoms with van der Waals surface area (Å²) in [5, 5.41) is 18.4. The molecule has 0 bridgehead atoms. The van der Waals surface area contributed by atoms with Crippen LogP contribution in [0.15, 0.2) is 200 Å². The van der Waals surface area contributed by atoms with E-state index >= 15 is 0 Å². The maximum atomic E-state index is 2.40. The maximum absolute atomic E-state index is 2.40. The number of anilines is 3. The Morgan fingerprint density at radius 3 is 1.40 bits per heavy atom. The summed E-state index contributed by atoms with van der Waals surface area (Å²) in [6, 6.07) is 74.5. The average molecular weight is 752 g/mol. The van der Waals surface area contributed by atoms with Crippen LogP contribution in [0.4, 0.5) is 17.1 Å². The van der Waals surface area contributed by atoms with E-state index in [4.69, 9.17) is 0 Å². The summed E-state index contributed by atoms with van der Waals surface area (Å²) in [6.07, 6.45) is 0. The number of thiophene rings is 1. The minimum atomic E-state index is 1.15. The first-order valence-electron chi connectivity index (χ1n) is 20.0. The number of fused-ring (bicyclic) bond motifs is 3. The fraction of sp³-hybridized carbons (Fsp3) is 0. The monoisotopic (exact) mass is 751 g/mol. The molecular formula is C56H33NS. The van der Waals surface area contributed by atoms with Crippen LogP contribution in [0, 0.1) is 0 Å². The molecule has 1 aromatic heterocycles. The molecular weight excluding hydrogens is 719 g/mol. The Kier molecular flexibility index (Phi) is 6.66. The smallest absolute Gasteiger partial charge is 0.0476 e. The van der Waals surface area contributed by atoms with Gasteiger partial charge in [-0.25, -0.2) is 0 Å². The molecule has 13 rings (SSSR count). The van der Waals surface area contributed by atoms with Crippen LogP contribution in [0.25, 0.3) is 107 Å². The number of hydrogen-bond acceptors (Lipinski definition) is 2. The van der Waals surface area contributed by atoms with Crippen molar-refractivity contribution in [2.45, 2.75) is 0 Å². The minimum absolute atomic E-state index is 1.15. The van der Waals surface area contributed by atoms with E-state index in [1.54, 1.807) is 0 Å². The highest BCUT2D eigenvalue weighted by atomic mass is 32.1. The Morgan fingerprint density at radius 2 is 0.759 bits per heavy atom. The predicted molar refractivity (Wildman–Crippen MR) is 252 cm³/mol. The largest absolute Gasteiger partial charge is 0.310 e. The quantitative estimate of drug-likeness (QED) is 0.158. The first-order valence-corrected chi connectivity index (χ1v) is 20.8. The fourth-order valence-electron chi connectivity index (χ4n) is 9.83. The second-order valence-corrected chi connectivity index (χ2v) is 16.8. The topological polar surface area (TPSA) is 3.24 Å². The Hall–Kier alpha value is -7.26. The van der Waals surface area contributed by atoms with Crippen molar-refractivity contribution in [2.75, 3.05) is 4.90 Å². The zero-order valence-corrected chi connectivity index (χ0v) is 32.2. The zero-order chi connectivity index (χ0) is 37.9. The molecule has 0 aliphatic heterocycles. The number of para-hydroxylation sites is 2. The highest BCUT2D eigenvalue weighted by Crippen LogP contribution is 2.45. The lowest BCUT2D eigenvalue weighted by atomic mass is 9.87. The molecule has 0 aliphatic rings. The third-order valence-electron chi connectivity index (χ3n) is 12.5. The summed E-state index contributed by atoms with van der Waals surface area (Å²) < 4.78 is 2.60. The molecule has 12 aromatic carbocycles. The molecule has 0 saturated carbocycles. The molecule has 0 spiro atoms. The molecule has 0 atom stereocenters. The van der Waals surface area contributed by atoms with E-state index in [0.29, 0.717) is 0 Å². The minimum Gasteiger partial charge on any atom is -0.310 e. The van der Waals surface area contributed by atoms with Gasteiger partial charge in [0.05, 0.1) is 0 Å². The Morgan fingerprint density at radius 1 is 0.276 bits per heavy atom. The summed E-state index contributed by atoms with van der Waals surface area (Å²) in [6.45, 7) is 0. The maximum Gasteiger partial charge on any atom is 0.0476 e. The van der Waals surface area contributed by atoms with Crippen molar-refractivity contribution < 1.29 is 0 Å². The summed E-state index contributed by atoms with van der Waals surface area (Å²) in [7, 11) is 0. The summed E-state index contributed by atoms with van der Waals surface area (Å²) in [4.78, 5) is 2.34. The van der Waals surface area contributed by atoms with Crippen molar-refractivity contribution in [3.05, 3.63) is 200 Å². The second-order valence-electron chi connectivity index (χ2n) is 15.7. The highest BCUT2D eigenvalue weighted by Gasteiger charge is 2.18. The molecule has 0 fully saturated rings. The lowest BCUT2D eigenvalue weighted by molar-refractivity contribution is 1.29. The highest BCUT2D eigenvalue weighted by molar-refractivity contribution is 7.25.